The predicted octanol–water partition coefficient (Wildman–Crippen LogP) is 3.35. The van der Waals surface area contributed by atoms with Gasteiger partial charge in [-0.05, 0) is 36.0 Å². The van der Waals surface area contributed by atoms with Crippen molar-refractivity contribution in [2.75, 3.05) is 0 Å². The topological polar surface area (TPSA) is 66.4 Å². The van der Waals surface area contributed by atoms with Crippen LogP contribution in [0.15, 0.2) is 18.2 Å². The van der Waals surface area contributed by atoms with Gasteiger partial charge in [-0.1, -0.05) is 40.7 Å². The second kappa shape index (κ2) is 6.07. The lowest BCUT2D eigenvalue weighted by molar-refractivity contribution is -0.145. The molecular formula is C17H24FNO3. The van der Waals surface area contributed by atoms with Crippen molar-refractivity contribution < 1.29 is 19.1 Å². The van der Waals surface area contributed by atoms with Crippen LogP contribution in [-0.2, 0) is 10.2 Å². The molecule has 1 amide bonds. The average molecular weight is 309 g/mol. The van der Waals surface area contributed by atoms with Gasteiger partial charge in [0.1, 0.15) is 11.4 Å². The van der Waals surface area contributed by atoms with Gasteiger partial charge in [-0.2, -0.15) is 0 Å². The number of aliphatic carboxylic acids is 1. The Balaban J connectivity index is 3.21. The van der Waals surface area contributed by atoms with E-state index in [-0.39, 0.29) is 16.9 Å². The smallest absolute Gasteiger partial charge is 0.329 e. The zero-order valence-corrected chi connectivity index (χ0v) is 14.0. The van der Waals surface area contributed by atoms with Crippen molar-refractivity contribution >= 4 is 11.9 Å². The van der Waals surface area contributed by atoms with Gasteiger partial charge in [0, 0.05) is 0 Å². The van der Waals surface area contributed by atoms with Gasteiger partial charge in [0.25, 0.3) is 5.91 Å². The summed E-state index contributed by atoms with van der Waals surface area (Å²) in [6, 6.07) is 4.35. The van der Waals surface area contributed by atoms with Gasteiger partial charge >= 0.3 is 5.97 Å². The molecule has 0 spiro atoms. The lowest BCUT2D eigenvalue weighted by Crippen LogP contribution is -2.56. The molecule has 0 aliphatic carbocycles. The molecule has 0 aliphatic rings. The van der Waals surface area contributed by atoms with E-state index in [1.54, 1.807) is 19.9 Å². The molecule has 0 saturated heterocycles. The van der Waals surface area contributed by atoms with E-state index in [2.05, 4.69) is 5.32 Å². The molecule has 0 saturated carbocycles. The van der Waals surface area contributed by atoms with Crippen molar-refractivity contribution in [1.29, 1.82) is 0 Å². The van der Waals surface area contributed by atoms with Gasteiger partial charge < -0.3 is 10.4 Å². The molecule has 1 aromatic rings. The third kappa shape index (κ3) is 3.64. The number of benzene rings is 1. The maximum Gasteiger partial charge on any atom is 0.329 e. The third-order valence-corrected chi connectivity index (χ3v) is 4.05. The van der Waals surface area contributed by atoms with Crippen molar-refractivity contribution in [2.45, 2.75) is 52.5 Å². The molecule has 0 heterocycles. The third-order valence-electron chi connectivity index (χ3n) is 4.05. The van der Waals surface area contributed by atoms with Gasteiger partial charge in [0.15, 0.2) is 0 Å². The Morgan fingerprint density at radius 3 is 2.14 bits per heavy atom. The van der Waals surface area contributed by atoms with Gasteiger partial charge in [-0.25, -0.2) is 9.18 Å². The number of carboxylic acids is 1. The van der Waals surface area contributed by atoms with Crippen LogP contribution in [0.1, 0.15) is 57.5 Å². The maximum atomic E-state index is 14.0. The summed E-state index contributed by atoms with van der Waals surface area (Å²) in [6.45, 7) is 10.7. The normalized spacial score (nSPS) is 14.5. The summed E-state index contributed by atoms with van der Waals surface area (Å²) in [4.78, 5) is 23.8. The number of amides is 1. The first kappa shape index (κ1) is 18.1. The molecule has 1 rings (SSSR count). The van der Waals surface area contributed by atoms with Crippen LogP contribution in [0.2, 0.25) is 0 Å². The van der Waals surface area contributed by atoms with Crippen LogP contribution in [0, 0.1) is 11.7 Å². The molecule has 0 aromatic heterocycles. The predicted molar refractivity (Wildman–Crippen MR) is 83.4 cm³/mol. The molecule has 5 heteroatoms. The Hall–Kier alpha value is -1.91. The zero-order chi connectivity index (χ0) is 17.3. The van der Waals surface area contributed by atoms with E-state index >= 15 is 0 Å². The Bertz CT molecular complexity index is 590. The van der Waals surface area contributed by atoms with E-state index in [4.69, 9.17) is 0 Å². The molecular weight excluding hydrogens is 285 g/mol. The van der Waals surface area contributed by atoms with Gasteiger partial charge in [0.2, 0.25) is 0 Å². The molecule has 0 aliphatic heterocycles. The number of carboxylic acid groups (broad SMARTS) is 1. The highest BCUT2D eigenvalue weighted by Crippen LogP contribution is 2.25. The van der Waals surface area contributed by atoms with Crippen LogP contribution in [0.5, 0.6) is 0 Å². The minimum atomic E-state index is -1.46. The molecule has 0 radical (unpaired) electrons. The van der Waals surface area contributed by atoms with Gasteiger partial charge in [-0.3, -0.25) is 4.79 Å². The molecule has 22 heavy (non-hydrogen) atoms. The molecule has 0 fully saturated rings. The molecule has 1 aromatic carbocycles. The Kier molecular flexibility index (Phi) is 5.00. The first-order valence-electron chi connectivity index (χ1n) is 7.25. The van der Waals surface area contributed by atoms with Crippen LogP contribution < -0.4 is 5.32 Å². The summed E-state index contributed by atoms with van der Waals surface area (Å²) in [5, 5.41) is 11.8. The number of nitrogens with one attached hydrogen (secondary N) is 1. The second-order valence-electron chi connectivity index (χ2n) is 7.06. The highest BCUT2D eigenvalue weighted by molar-refractivity contribution is 5.98. The molecule has 4 nitrogen and oxygen atoms in total. The van der Waals surface area contributed by atoms with E-state index in [0.29, 0.717) is 0 Å². The summed E-state index contributed by atoms with van der Waals surface area (Å²) in [5.41, 5.74) is -1.03. The largest absolute Gasteiger partial charge is 0.480 e. The molecule has 0 unspecified atom stereocenters. The van der Waals surface area contributed by atoms with Crippen molar-refractivity contribution in [2.24, 2.45) is 5.92 Å². The minimum absolute atomic E-state index is 0.138. The summed E-state index contributed by atoms with van der Waals surface area (Å²) < 4.78 is 14.0. The SMILES string of the molecule is CC(C)[C@@](C)(NC(=O)c1cc(C(C)(C)C)ccc1F)C(=O)O. The van der Waals surface area contributed by atoms with Crippen LogP contribution in [-0.4, -0.2) is 22.5 Å². The van der Waals surface area contributed by atoms with E-state index in [1.807, 2.05) is 20.8 Å². The average Bonchev–Trinajstić information content (AvgIpc) is 2.36. The summed E-state index contributed by atoms with van der Waals surface area (Å²) in [5.74, 6) is -2.88. The molecule has 0 bridgehead atoms. The number of halogens is 1. The maximum absolute atomic E-state index is 14.0. The van der Waals surface area contributed by atoms with Crippen LogP contribution in [0.4, 0.5) is 4.39 Å². The Morgan fingerprint density at radius 1 is 1.18 bits per heavy atom. The second-order valence-corrected chi connectivity index (χ2v) is 7.06. The summed E-state index contributed by atoms with van der Waals surface area (Å²) in [7, 11) is 0. The van der Waals surface area contributed by atoms with E-state index in [1.165, 1.54) is 19.1 Å². The standard InChI is InChI=1S/C17H24FNO3/c1-10(2)17(6,15(21)22)19-14(20)12-9-11(16(3,4)5)7-8-13(12)18/h7-10H,1-6H3,(H,19,20)(H,21,22)/t17-/m1/s1. The van der Waals surface area contributed by atoms with Crippen molar-refractivity contribution in [3.63, 3.8) is 0 Å². The van der Waals surface area contributed by atoms with Gasteiger partial charge in [-0.15, -0.1) is 0 Å². The van der Waals surface area contributed by atoms with E-state index in [9.17, 15) is 19.1 Å². The zero-order valence-electron chi connectivity index (χ0n) is 14.0. The quantitative estimate of drug-likeness (QED) is 0.896. The molecule has 2 N–H and O–H groups in total. The Morgan fingerprint density at radius 2 is 1.73 bits per heavy atom. The van der Waals surface area contributed by atoms with E-state index < -0.39 is 23.2 Å². The van der Waals surface area contributed by atoms with Crippen molar-refractivity contribution in [3.05, 3.63) is 35.1 Å². The minimum Gasteiger partial charge on any atom is -0.480 e. The van der Waals surface area contributed by atoms with Gasteiger partial charge in [0.05, 0.1) is 5.56 Å². The first-order chi connectivity index (χ1) is 9.89. The lowest BCUT2D eigenvalue weighted by Gasteiger charge is -2.30. The number of hydrogen-bond donors (Lipinski definition) is 2. The number of rotatable bonds is 4. The summed E-state index contributed by atoms with van der Waals surface area (Å²) in [6.07, 6.45) is 0. The monoisotopic (exact) mass is 309 g/mol. The Labute approximate surface area is 130 Å². The lowest BCUT2D eigenvalue weighted by atomic mass is 9.85. The fourth-order valence-electron chi connectivity index (χ4n) is 1.91. The summed E-state index contributed by atoms with van der Waals surface area (Å²) >= 11 is 0. The van der Waals surface area contributed by atoms with Crippen LogP contribution >= 0.6 is 0 Å². The highest BCUT2D eigenvalue weighted by Gasteiger charge is 2.38. The van der Waals surface area contributed by atoms with Crippen LogP contribution in [0.3, 0.4) is 0 Å². The molecule has 122 valence electrons. The molecule has 1 atom stereocenters. The highest BCUT2D eigenvalue weighted by atomic mass is 19.1. The number of carbonyl (C=O) groups is 2. The number of hydrogen-bond acceptors (Lipinski definition) is 2. The fraction of sp³-hybridized carbons (Fsp3) is 0.529. The fourth-order valence-corrected chi connectivity index (χ4v) is 1.91. The van der Waals surface area contributed by atoms with E-state index in [0.717, 1.165) is 5.56 Å². The van der Waals surface area contributed by atoms with Crippen molar-refractivity contribution in [1.82, 2.24) is 5.32 Å². The van der Waals surface area contributed by atoms with Crippen molar-refractivity contribution in [3.8, 4) is 0 Å². The van der Waals surface area contributed by atoms with Crippen LogP contribution in [0.25, 0.3) is 0 Å². The first-order valence-corrected chi connectivity index (χ1v) is 7.25. The number of carbonyl (C=O) groups excluding carboxylic acids is 1.